The Morgan fingerprint density at radius 2 is 2.10 bits per heavy atom. The largest absolute Gasteiger partial charge is 0.330 e. The number of hydrogen-bond acceptors (Lipinski definition) is 3. The molecule has 1 amide bonds. The summed E-state index contributed by atoms with van der Waals surface area (Å²) < 4.78 is 0. The highest BCUT2D eigenvalue weighted by Crippen LogP contribution is 2.32. The number of benzene rings is 1. The second-order valence-corrected chi connectivity index (χ2v) is 5.36. The van der Waals surface area contributed by atoms with Gasteiger partial charge in [0.05, 0.1) is 11.0 Å². The number of carbonyl (C=O) groups excluding carboxylic acids is 1. The number of nitrogens with two attached hydrogens (primary N) is 1. The second-order valence-electron chi connectivity index (χ2n) is 5.36. The fourth-order valence-corrected chi connectivity index (χ4v) is 3.01. The highest BCUT2D eigenvalue weighted by Gasteiger charge is 2.31. The van der Waals surface area contributed by atoms with E-state index in [-0.39, 0.29) is 23.4 Å². The number of nitrogens with one attached hydrogen (secondary N) is 3. The molecule has 1 aliphatic carbocycles. The van der Waals surface area contributed by atoms with Crippen molar-refractivity contribution in [3.63, 3.8) is 0 Å². The molecular formula is C14H18N4O2. The number of fused-ring (bicyclic) bond motifs is 1. The van der Waals surface area contributed by atoms with Crippen molar-refractivity contribution in [3.8, 4) is 0 Å². The summed E-state index contributed by atoms with van der Waals surface area (Å²) in [6.45, 7) is 0.558. The number of amides is 1. The topological polar surface area (TPSA) is 104 Å². The quantitative estimate of drug-likeness (QED) is 0.675. The van der Waals surface area contributed by atoms with Crippen LogP contribution in [-0.2, 0) is 4.79 Å². The van der Waals surface area contributed by atoms with Gasteiger partial charge in [0.2, 0.25) is 5.91 Å². The Morgan fingerprint density at radius 3 is 2.90 bits per heavy atom. The zero-order valence-electron chi connectivity index (χ0n) is 11.1. The maximum absolute atomic E-state index is 12.3. The lowest BCUT2D eigenvalue weighted by atomic mass is 9.95. The molecule has 6 heteroatoms. The zero-order chi connectivity index (χ0) is 14.1. The summed E-state index contributed by atoms with van der Waals surface area (Å²) in [5.41, 5.74) is 7.58. The molecule has 2 aromatic rings. The number of rotatable bonds is 3. The van der Waals surface area contributed by atoms with Gasteiger partial charge in [0.25, 0.3) is 0 Å². The zero-order valence-corrected chi connectivity index (χ0v) is 11.1. The predicted molar refractivity (Wildman–Crippen MR) is 77.4 cm³/mol. The number of hydrogen-bond donors (Lipinski definition) is 4. The fourth-order valence-electron chi connectivity index (χ4n) is 3.01. The van der Waals surface area contributed by atoms with Gasteiger partial charge in [-0.1, -0.05) is 6.42 Å². The van der Waals surface area contributed by atoms with Gasteiger partial charge in [-0.15, -0.1) is 0 Å². The molecule has 0 saturated heterocycles. The molecule has 6 nitrogen and oxygen atoms in total. The van der Waals surface area contributed by atoms with Gasteiger partial charge in [0, 0.05) is 11.6 Å². The molecule has 106 valence electrons. The Bertz CT molecular complexity index is 688. The molecule has 1 fully saturated rings. The van der Waals surface area contributed by atoms with Gasteiger partial charge in [0.1, 0.15) is 0 Å². The first-order chi connectivity index (χ1) is 9.67. The SMILES string of the molecule is NCC1CCCC1C(=O)Nc1ccc2[nH]c(=O)[nH]c2c1. The van der Waals surface area contributed by atoms with E-state index in [1.807, 2.05) is 0 Å². The monoisotopic (exact) mass is 274 g/mol. The summed E-state index contributed by atoms with van der Waals surface area (Å²) in [5, 5.41) is 2.92. The average Bonchev–Trinajstić information content (AvgIpc) is 3.02. The number of carbonyl (C=O) groups is 1. The molecule has 5 N–H and O–H groups in total. The summed E-state index contributed by atoms with van der Waals surface area (Å²) in [6, 6.07) is 5.33. The van der Waals surface area contributed by atoms with Crippen LogP contribution in [0.5, 0.6) is 0 Å². The lowest BCUT2D eigenvalue weighted by Crippen LogP contribution is -2.29. The van der Waals surface area contributed by atoms with Crippen molar-refractivity contribution in [2.75, 3.05) is 11.9 Å². The minimum absolute atomic E-state index is 0.000899. The van der Waals surface area contributed by atoms with E-state index in [0.29, 0.717) is 17.7 Å². The molecule has 1 heterocycles. The van der Waals surface area contributed by atoms with Gasteiger partial charge in [-0.25, -0.2) is 4.79 Å². The third kappa shape index (κ3) is 2.34. The Labute approximate surface area is 115 Å². The molecule has 2 unspecified atom stereocenters. The molecule has 1 aliphatic rings. The van der Waals surface area contributed by atoms with Crippen LogP contribution in [0.4, 0.5) is 5.69 Å². The normalized spacial score (nSPS) is 22.2. The van der Waals surface area contributed by atoms with Crippen LogP contribution in [0.2, 0.25) is 0 Å². The maximum atomic E-state index is 12.3. The van der Waals surface area contributed by atoms with Crippen LogP contribution in [0.15, 0.2) is 23.0 Å². The van der Waals surface area contributed by atoms with Crippen LogP contribution in [0.1, 0.15) is 19.3 Å². The van der Waals surface area contributed by atoms with Crippen molar-refractivity contribution >= 4 is 22.6 Å². The van der Waals surface area contributed by atoms with Crippen molar-refractivity contribution in [1.29, 1.82) is 0 Å². The van der Waals surface area contributed by atoms with Gasteiger partial charge in [-0.05, 0) is 43.5 Å². The standard InChI is InChI=1S/C14H18N4O2/c15-7-8-2-1-3-10(8)13(19)16-9-4-5-11-12(6-9)18-14(20)17-11/h4-6,8,10H,1-3,7,15H2,(H,16,19)(H2,17,18,20). The molecule has 1 aromatic heterocycles. The first kappa shape index (κ1) is 12.9. The molecular weight excluding hydrogens is 256 g/mol. The van der Waals surface area contributed by atoms with E-state index in [0.717, 1.165) is 24.8 Å². The Balaban J connectivity index is 1.78. The molecule has 0 spiro atoms. The minimum atomic E-state index is -0.248. The molecule has 1 aromatic carbocycles. The number of H-pyrrole nitrogens is 2. The summed E-state index contributed by atoms with van der Waals surface area (Å²) in [6.07, 6.45) is 2.99. The van der Waals surface area contributed by atoms with E-state index in [2.05, 4.69) is 15.3 Å². The van der Waals surface area contributed by atoms with Gasteiger partial charge in [-0.2, -0.15) is 0 Å². The highest BCUT2D eigenvalue weighted by molar-refractivity contribution is 5.94. The van der Waals surface area contributed by atoms with Crippen LogP contribution in [0.25, 0.3) is 11.0 Å². The van der Waals surface area contributed by atoms with E-state index >= 15 is 0 Å². The van der Waals surface area contributed by atoms with E-state index < -0.39 is 0 Å². The summed E-state index contributed by atoms with van der Waals surface area (Å²) >= 11 is 0. The molecule has 2 atom stereocenters. The van der Waals surface area contributed by atoms with Gasteiger partial charge < -0.3 is 21.0 Å². The highest BCUT2D eigenvalue weighted by atomic mass is 16.2. The van der Waals surface area contributed by atoms with E-state index in [1.165, 1.54) is 0 Å². The van der Waals surface area contributed by atoms with E-state index in [4.69, 9.17) is 5.73 Å². The fraction of sp³-hybridized carbons (Fsp3) is 0.429. The van der Waals surface area contributed by atoms with Crippen molar-refractivity contribution in [2.24, 2.45) is 17.6 Å². The number of aromatic nitrogens is 2. The van der Waals surface area contributed by atoms with E-state index in [9.17, 15) is 9.59 Å². The van der Waals surface area contributed by atoms with Gasteiger partial charge in [-0.3, -0.25) is 4.79 Å². The van der Waals surface area contributed by atoms with Crippen molar-refractivity contribution in [1.82, 2.24) is 9.97 Å². The van der Waals surface area contributed by atoms with Crippen LogP contribution >= 0.6 is 0 Å². The Morgan fingerprint density at radius 1 is 1.30 bits per heavy atom. The van der Waals surface area contributed by atoms with Crippen molar-refractivity contribution < 1.29 is 4.79 Å². The molecule has 1 saturated carbocycles. The minimum Gasteiger partial charge on any atom is -0.330 e. The second kappa shape index (κ2) is 5.13. The maximum Gasteiger partial charge on any atom is 0.323 e. The van der Waals surface area contributed by atoms with Gasteiger partial charge in [0.15, 0.2) is 0 Å². The van der Waals surface area contributed by atoms with Crippen LogP contribution in [-0.4, -0.2) is 22.4 Å². The van der Waals surface area contributed by atoms with Crippen molar-refractivity contribution in [2.45, 2.75) is 19.3 Å². The first-order valence-electron chi connectivity index (χ1n) is 6.90. The number of imidazole rings is 1. The Hall–Kier alpha value is -2.08. The van der Waals surface area contributed by atoms with Crippen molar-refractivity contribution in [3.05, 3.63) is 28.7 Å². The molecule has 0 bridgehead atoms. The van der Waals surface area contributed by atoms with E-state index in [1.54, 1.807) is 18.2 Å². The average molecular weight is 274 g/mol. The lowest BCUT2D eigenvalue weighted by molar-refractivity contribution is -0.120. The third-order valence-electron chi connectivity index (χ3n) is 4.08. The Kier molecular flexibility index (Phi) is 3.31. The molecule has 0 aliphatic heterocycles. The smallest absolute Gasteiger partial charge is 0.323 e. The predicted octanol–water partition coefficient (Wildman–Crippen LogP) is 1.17. The summed E-state index contributed by atoms with van der Waals surface area (Å²) in [7, 11) is 0. The van der Waals surface area contributed by atoms with Crippen LogP contribution in [0.3, 0.4) is 0 Å². The summed E-state index contributed by atoms with van der Waals surface area (Å²) in [4.78, 5) is 28.8. The van der Waals surface area contributed by atoms with Crippen LogP contribution in [0, 0.1) is 11.8 Å². The molecule has 20 heavy (non-hydrogen) atoms. The van der Waals surface area contributed by atoms with Gasteiger partial charge >= 0.3 is 5.69 Å². The third-order valence-corrected chi connectivity index (χ3v) is 4.08. The molecule has 0 radical (unpaired) electrons. The lowest BCUT2D eigenvalue weighted by Gasteiger charge is -2.17. The summed E-state index contributed by atoms with van der Waals surface area (Å²) in [5.74, 6) is 0.307. The number of aromatic amines is 2. The first-order valence-corrected chi connectivity index (χ1v) is 6.90. The molecule has 3 rings (SSSR count). The van der Waals surface area contributed by atoms with Crippen LogP contribution < -0.4 is 16.7 Å². The number of anilines is 1.